The van der Waals surface area contributed by atoms with Crippen LogP contribution >= 0.6 is 11.6 Å². The van der Waals surface area contributed by atoms with E-state index in [2.05, 4.69) is 5.32 Å². The van der Waals surface area contributed by atoms with Crippen molar-refractivity contribution in [2.75, 3.05) is 13.2 Å². The van der Waals surface area contributed by atoms with Crippen LogP contribution in [0.5, 0.6) is 5.75 Å². The normalized spacial score (nSPS) is 11.6. The summed E-state index contributed by atoms with van der Waals surface area (Å²) in [6, 6.07) is 20.7. The number of hydrogen-bond donors (Lipinski definition) is 1. The first kappa shape index (κ1) is 26.3. The number of rotatable bonds is 10. The van der Waals surface area contributed by atoms with E-state index in [9.17, 15) is 9.59 Å². The molecule has 0 saturated heterocycles. The lowest BCUT2D eigenvalue weighted by Gasteiger charge is -2.31. The van der Waals surface area contributed by atoms with Crippen molar-refractivity contribution in [3.8, 4) is 5.75 Å². The Labute approximate surface area is 213 Å². The van der Waals surface area contributed by atoms with Gasteiger partial charge in [0.2, 0.25) is 5.91 Å². The summed E-state index contributed by atoms with van der Waals surface area (Å²) in [5, 5.41) is 3.59. The van der Waals surface area contributed by atoms with E-state index in [1.807, 2.05) is 94.4 Å². The third-order valence-corrected chi connectivity index (χ3v) is 6.46. The van der Waals surface area contributed by atoms with E-state index >= 15 is 0 Å². The molecule has 35 heavy (non-hydrogen) atoms. The maximum absolute atomic E-state index is 13.6. The van der Waals surface area contributed by atoms with Crippen molar-refractivity contribution in [1.82, 2.24) is 10.2 Å². The number of carbonyl (C=O) groups excluding carboxylic acids is 2. The predicted octanol–water partition coefficient (Wildman–Crippen LogP) is 5.42. The number of aryl methyl sites for hydroxylation is 3. The number of halogens is 1. The average molecular weight is 493 g/mol. The van der Waals surface area contributed by atoms with Crippen LogP contribution in [0.1, 0.15) is 34.7 Å². The molecule has 184 valence electrons. The minimum atomic E-state index is -0.677. The fraction of sp³-hybridized carbons (Fsp3) is 0.310. The van der Waals surface area contributed by atoms with Gasteiger partial charge < -0.3 is 15.0 Å². The lowest BCUT2D eigenvalue weighted by molar-refractivity contribution is -0.142. The molecule has 3 aromatic carbocycles. The largest absolute Gasteiger partial charge is 0.484 e. The van der Waals surface area contributed by atoms with Crippen LogP contribution in [-0.4, -0.2) is 35.9 Å². The van der Waals surface area contributed by atoms with Crippen LogP contribution in [0.15, 0.2) is 66.7 Å². The molecule has 3 rings (SSSR count). The van der Waals surface area contributed by atoms with Crippen LogP contribution < -0.4 is 10.1 Å². The van der Waals surface area contributed by atoms with Crippen LogP contribution in [0, 0.1) is 20.8 Å². The fourth-order valence-electron chi connectivity index (χ4n) is 3.95. The Morgan fingerprint density at radius 3 is 2.17 bits per heavy atom. The molecule has 0 spiro atoms. The Hall–Kier alpha value is -3.31. The first-order valence-corrected chi connectivity index (χ1v) is 12.2. The SMILES string of the molecule is CCNC(=O)[C@@H](Cc1ccccc1)N(Cc1ccc(C)cc1)C(=O)COc1cc(C)c(Cl)c(C)c1. The van der Waals surface area contributed by atoms with Crippen molar-refractivity contribution in [3.05, 3.63) is 99.6 Å². The topological polar surface area (TPSA) is 58.6 Å². The smallest absolute Gasteiger partial charge is 0.261 e. The van der Waals surface area contributed by atoms with E-state index < -0.39 is 6.04 Å². The number of hydrogen-bond acceptors (Lipinski definition) is 3. The molecule has 0 unspecified atom stereocenters. The van der Waals surface area contributed by atoms with Crippen molar-refractivity contribution in [2.24, 2.45) is 0 Å². The van der Waals surface area contributed by atoms with Crippen molar-refractivity contribution < 1.29 is 14.3 Å². The fourth-order valence-corrected chi connectivity index (χ4v) is 4.06. The van der Waals surface area contributed by atoms with Crippen molar-refractivity contribution in [2.45, 2.75) is 46.7 Å². The molecular formula is C29H33ClN2O3. The molecule has 1 atom stereocenters. The second-order valence-electron chi connectivity index (χ2n) is 8.77. The second-order valence-corrected chi connectivity index (χ2v) is 9.15. The van der Waals surface area contributed by atoms with Gasteiger partial charge in [-0.1, -0.05) is 71.8 Å². The summed E-state index contributed by atoms with van der Waals surface area (Å²) in [5.74, 6) is 0.128. The summed E-state index contributed by atoms with van der Waals surface area (Å²) in [6.45, 7) is 8.29. The Kier molecular flexibility index (Phi) is 9.32. The molecule has 0 aliphatic heterocycles. The van der Waals surface area contributed by atoms with Gasteiger partial charge in [-0.3, -0.25) is 9.59 Å². The number of nitrogens with zero attached hydrogens (tertiary/aromatic N) is 1. The summed E-state index contributed by atoms with van der Waals surface area (Å²) in [4.78, 5) is 28.4. The number of likely N-dealkylation sites (N-methyl/N-ethyl adjacent to an activating group) is 1. The van der Waals surface area contributed by atoms with Gasteiger partial charge in [0, 0.05) is 24.5 Å². The van der Waals surface area contributed by atoms with Crippen LogP contribution in [0.3, 0.4) is 0 Å². The summed E-state index contributed by atoms with van der Waals surface area (Å²) < 4.78 is 5.88. The highest BCUT2D eigenvalue weighted by molar-refractivity contribution is 6.32. The molecule has 0 heterocycles. The molecule has 0 saturated carbocycles. The minimum Gasteiger partial charge on any atom is -0.484 e. The minimum absolute atomic E-state index is 0.183. The molecule has 3 aromatic rings. The van der Waals surface area contributed by atoms with Crippen molar-refractivity contribution in [1.29, 1.82) is 0 Å². The summed E-state index contributed by atoms with van der Waals surface area (Å²) in [7, 11) is 0. The molecule has 0 aliphatic carbocycles. The third kappa shape index (κ3) is 7.33. The zero-order valence-electron chi connectivity index (χ0n) is 20.8. The number of amides is 2. The Morgan fingerprint density at radius 2 is 1.57 bits per heavy atom. The standard InChI is InChI=1S/C29H33ClN2O3/c1-5-31-29(34)26(17-23-9-7-6-8-10-23)32(18-24-13-11-20(2)12-14-24)27(33)19-35-25-15-21(3)28(30)22(4)16-25/h6-16,26H,5,17-19H2,1-4H3,(H,31,34)/t26-/m1/s1. The molecule has 6 heteroatoms. The van der Waals surface area contributed by atoms with Gasteiger partial charge in [0.25, 0.3) is 5.91 Å². The molecule has 0 aliphatic rings. The van der Waals surface area contributed by atoms with E-state index in [4.69, 9.17) is 16.3 Å². The summed E-state index contributed by atoms with van der Waals surface area (Å²) in [5.41, 5.74) is 4.83. The van der Waals surface area contributed by atoms with Crippen molar-refractivity contribution in [3.63, 3.8) is 0 Å². The van der Waals surface area contributed by atoms with Crippen LogP contribution in [0.2, 0.25) is 5.02 Å². The number of nitrogens with one attached hydrogen (secondary N) is 1. The number of ether oxygens (including phenoxy) is 1. The van der Waals surface area contributed by atoms with E-state index in [-0.39, 0.29) is 18.4 Å². The molecule has 0 radical (unpaired) electrons. The van der Waals surface area contributed by atoms with Gasteiger partial charge in [0.15, 0.2) is 6.61 Å². The number of benzene rings is 3. The van der Waals surface area contributed by atoms with Gasteiger partial charge in [0.05, 0.1) is 0 Å². The quantitative estimate of drug-likeness (QED) is 0.411. The Morgan fingerprint density at radius 1 is 0.943 bits per heavy atom. The van der Waals surface area contributed by atoms with Gasteiger partial charge in [-0.05, 0) is 62.1 Å². The highest BCUT2D eigenvalue weighted by atomic mass is 35.5. The van der Waals surface area contributed by atoms with Gasteiger partial charge in [-0.25, -0.2) is 0 Å². The highest BCUT2D eigenvalue weighted by Gasteiger charge is 2.30. The van der Waals surface area contributed by atoms with Gasteiger partial charge in [-0.2, -0.15) is 0 Å². The first-order valence-electron chi connectivity index (χ1n) is 11.8. The van der Waals surface area contributed by atoms with Crippen LogP contribution in [-0.2, 0) is 22.6 Å². The van der Waals surface area contributed by atoms with Crippen molar-refractivity contribution >= 4 is 23.4 Å². The molecule has 5 nitrogen and oxygen atoms in total. The van der Waals surface area contributed by atoms with E-state index in [0.29, 0.717) is 30.3 Å². The number of carbonyl (C=O) groups is 2. The van der Waals surface area contributed by atoms with E-state index in [1.54, 1.807) is 4.90 Å². The third-order valence-electron chi connectivity index (χ3n) is 5.87. The van der Waals surface area contributed by atoms with E-state index in [0.717, 1.165) is 27.8 Å². The van der Waals surface area contributed by atoms with Gasteiger partial charge >= 0.3 is 0 Å². The molecule has 0 fully saturated rings. The van der Waals surface area contributed by atoms with Crippen LogP contribution in [0.4, 0.5) is 0 Å². The molecule has 0 bridgehead atoms. The molecule has 0 aromatic heterocycles. The maximum atomic E-state index is 13.6. The summed E-state index contributed by atoms with van der Waals surface area (Å²) >= 11 is 6.27. The summed E-state index contributed by atoms with van der Waals surface area (Å²) in [6.07, 6.45) is 0.406. The zero-order valence-corrected chi connectivity index (χ0v) is 21.6. The predicted molar refractivity (Wildman–Crippen MR) is 141 cm³/mol. The lowest BCUT2D eigenvalue weighted by atomic mass is 10.0. The van der Waals surface area contributed by atoms with E-state index in [1.165, 1.54) is 0 Å². The first-order chi connectivity index (χ1) is 16.8. The highest BCUT2D eigenvalue weighted by Crippen LogP contribution is 2.26. The molecular weight excluding hydrogens is 460 g/mol. The monoisotopic (exact) mass is 492 g/mol. The Bertz CT molecular complexity index is 1120. The average Bonchev–Trinajstić information content (AvgIpc) is 2.85. The Balaban J connectivity index is 1.89. The maximum Gasteiger partial charge on any atom is 0.261 e. The van der Waals surface area contributed by atoms with Gasteiger partial charge in [0.1, 0.15) is 11.8 Å². The molecule has 2 amide bonds. The second kappa shape index (κ2) is 12.4. The van der Waals surface area contributed by atoms with Gasteiger partial charge in [-0.15, -0.1) is 0 Å². The van der Waals surface area contributed by atoms with Crippen LogP contribution in [0.25, 0.3) is 0 Å². The lowest BCUT2D eigenvalue weighted by Crippen LogP contribution is -2.51. The zero-order chi connectivity index (χ0) is 25.4. The molecule has 1 N–H and O–H groups in total.